The van der Waals surface area contributed by atoms with Crippen molar-refractivity contribution in [2.24, 2.45) is 0 Å². The number of benzene rings is 1. The number of carbonyl (C=O) groups is 1. The van der Waals surface area contributed by atoms with Gasteiger partial charge in [-0.3, -0.25) is 4.68 Å². The first-order valence-electron chi connectivity index (χ1n) is 12.6. The van der Waals surface area contributed by atoms with E-state index in [9.17, 15) is 19.7 Å². The van der Waals surface area contributed by atoms with Crippen LogP contribution in [0.3, 0.4) is 0 Å². The van der Waals surface area contributed by atoms with E-state index in [1.54, 1.807) is 10.6 Å². The minimum atomic E-state index is -0.481. The maximum Gasteiger partial charge on any atom is 0.409 e. The predicted octanol–water partition coefficient (Wildman–Crippen LogP) is 5.47. The fourth-order valence-electron chi connectivity index (χ4n) is 6.01. The topological polar surface area (TPSA) is 112 Å². The molecule has 0 radical (unpaired) electrons. The fraction of sp³-hybridized carbons (Fsp3) is 0.321. The van der Waals surface area contributed by atoms with Gasteiger partial charge in [-0.05, 0) is 56.9 Å². The largest absolute Gasteiger partial charge is 0.453 e. The fourth-order valence-corrected chi connectivity index (χ4v) is 7.09. The molecule has 0 spiro atoms. The highest BCUT2D eigenvalue weighted by atomic mass is 32.2. The van der Waals surface area contributed by atoms with Crippen LogP contribution in [0.4, 0.5) is 9.18 Å². The summed E-state index contributed by atoms with van der Waals surface area (Å²) in [6.07, 6.45) is 8.54. The Bertz CT molecular complexity index is 1680. The third-order valence-electron chi connectivity index (χ3n) is 7.77. The lowest BCUT2D eigenvalue weighted by molar-refractivity contribution is 0.0706. The summed E-state index contributed by atoms with van der Waals surface area (Å²) in [7, 11) is 1.43. The molecule has 2 aliphatic rings. The monoisotopic (exact) mass is 541 g/mol. The molecule has 0 aliphatic carbocycles. The Hall–Kier alpha value is -4.35. The molecule has 196 valence electrons. The average molecular weight is 542 g/mol. The number of nitrogens with zero attached hydrogens (tertiary/aromatic N) is 7. The zero-order valence-corrected chi connectivity index (χ0v) is 22.2. The first-order chi connectivity index (χ1) is 18.9. The molecule has 1 aromatic carbocycles. The van der Waals surface area contributed by atoms with Crippen molar-refractivity contribution in [3.63, 3.8) is 0 Å². The number of pyridine rings is 1. The van der Waals surface area contributed by atoms with Crippen molar-refractivity contribution in [1.82, 2.24) is 24.3 Å². The summed E-state index contributed by atoms with van der Waals surface area (Å²) in [5, 5.41) is 28.4. The smallest absolute Gasteiger partial charge is 0.409 e. The average Bonchev–Trinajstić information content (AvgIpc) is 3.62. The number of fused-ring (bicyclic) bond motifs is 3. The quantitative estimate of drug-likeness (QED) is 0.337. The van der Waals surface area contributed by atoms with Gasteiger partial charge in [0.05, 0.1) is 42.2 Å². The van der Waals surface area contributed by atoms with Gasteiger partial charge in [0.1, 0.15) is 18.0 Å². The van der Waals surface area contributed by atoms with E-state index in [4.69, 9.17) is 9.84 Å². The molecular formula is C28H24FN7O2S. The van der Waals surface area contributed by atoms with E-state index in [1.165, 1.54) is 37.2 Å². The lowest BCUT2D eigenvalue weighted by atomic mass is 9.97. The summed E-state index contributed by atoms with van der Waals surface area (Å²) < 4.78 is 22.5. The molecule has 6 rings (SSSR count). The SMILES string of the molecule is COC(=O)N1[C@@H]2CC[C@H]1C[C@H](n1ncc(-c3cc(Sc4ccc(F)cc4C#N)c4c(C#N)cnn4c3)c1C)C2. The first-order valence-corrected chi connectivity index (χ1v) is 13.4. The van der Waals surface area contributed by atoms with Gasteiger partial charge in [0.15, 0.2) is 0 Å². The van der Waals surface area contributed by atoms with Gasteiger partial charge < -0.3 is 9.64 Å². The van der Waals surface area contributed by atoms with Crippen LogP contribution >= 0.6 is 11.8 Å². The highest BCUT2D eigenvalue weighted by Crippen LogP contribution is 2.43. The number of rotatable bonds is 4. The summed E-state index contributed by atoms with van der Waals surface area (Å²) in [6, 6.07) is 10.8. The van der Waals surface area contributed by atoms with Crippen molar-refractivity contribution in [3.8, 4) is 23.3 Å². The maximum absolute atomic E-state index is 13.8. The third-order valence-corrected chi connectivity index (χ3v) is 8.88. The molecule has 9 nitrogen and oxygen atoms in total. The molecule has 3 aromatic heterocycles. The van der Waals surface area contributed by atoms with E-state index in [0.29, 0.717) is 16.0 Å². The van der Waals surface area contributed by atoms with Gasteiger partial charge in [-0.1, -0.05) is 11.8 Å². The van der Waals surface area contributed by atoms with Crippen LogP contribution < -0.4 is 0 Å². The number of methoxy groups -OCH3 is 1. The van der Waals surface area contributed by atoms with E-state index in [1.807, 2.05) is 30.3 Å². The van der Waals surface area contributed by atoms with Gasteiger partial charge in [-0.25, -0.2) is 13.7 Å². The maximum atomic E-state index is 13.8. The number of hydrogen-bond donors (Lipinski definition) is 0. The number of piperidine rings is 1. The van der Waals surface area contributed by atoms with Crippen LogP contribution in [-0.4, -0.2) is 49.6 Å². The Morgan fingerprint density at radius 1 is 1.05 bits per heavy atom. The molecule has 4 aromatic rings. The lowest BCUT2D eigenvalue weighted by Crippen LogP contribution is -2.47. The number of aromatic nitrogens is 4. The summed E-state index contributed by atoms with van der Waals surface area (Å²) in [5.74, 6) is -0.481. The number of hydrogen-bond acceptors (Lipinski definition) is 7. The Kier molecular flexibility index (Phi) is 6.24. The summed E-state index contributed by atoms with van der Waals surface area (Å²) in [6.45, 7) is 2.03. The van der Waals surface area contributed by atoms with E-state index < -0.39 is 5.82 Å². The van der Waals surface area contributed by atoms with Crippen LogP contribution in [-0.2, 0) is 4.74 Å². The predicted molar refractivity (Wildman–Crippen MR) is 140 cm³/mol. The van der Waals surface area contributed by atoms with E-state index in [-0.39, 0.29) is 29.8 Å². The van der Waals surface area contributed by atoms with Crippen molar-refractivity contribution in [2.45, 2.75) is 60.5 Å². The summed E-state index contributed by atoms with van der Waals surface area (Å²) in [4.78, 5) is 15.5. The Balaban J connectivity index is 1.37. The van der Waals surface area contributed by atoms with Crippen LogP contribution in [0.25, 0.3) is 16.6 Å². The zero-order chi connectivity index (χ0) is 27.3. The summed E-state index contributed by atoms with van der Waals surface area (Å²) >= 11 is 1.30. The molecule has 3 atom stereocenters. The second-order valence-corrected chi connectivity index (χ2v) is 11.0. The molecule has 0 saturated carbocycles. The van der Waals surface area contributed by atoms with Crippen molar-refractivity contribution < 1.29 is 13.9 Å². The van der Waals surface area contributed by atoms with Gasteiger partial charge in [-0.2, -0.15) is 20.7 Å². The standard InChI is InChI=1S/C28H24FN7O2S/c1-16-24(14-33-36(16)23-9-21-4-5-22(10-23)35(21)28(37)38-2)18-8-26(27-19(12-31)13-32-34(27)15-18)39-25-6-3-20(29)7-17(25)11-30/h3,6-8,13-15,21-23H,4-5,9-10H2,1-2H3/t21-,22+,23-. The minimum Gasteiger partial charge on any atom is -0.453 e. The lowest BCUT2D eigenvalue weighted by Gasteiger charge is -2.38. The molecule has 1 amide bonds. The van der Waals surface area contributed by atoms with Gasteiger partial charge in [-0.15, -0.1) is 0 Å². The molecule has 2 aliphatic heterocycles. The second-order valence-electron chi connectivity index (χ2n) is 9.89. The molecular weight excluding hydrogens is 517 g/mol. The Morgan fingerprint density at radius 3 is 2.49 bits per heavy atom. The second kappa shape index (κ2) is 9.75. The normalized spacial score (nSPS) is 20.1. The van der Waals surface area contributed by atoms with Crippen LogP contribution in [0.5, 0.6) is 0 Å². The van der Waals surface area contributed by atoms with Crippen molar-refractivity contribution in [3.05, 3.63) is 65.5 Å². The van der Waals surface area contributed by atoms with E-state index in [0.717, 1.165) is 47.4 Å². The Morgan fingerprint density at radius 2 is 1.79 bits per heavy atom. The van der Waals surface area contributed by atoms with Crippen molar-refractivity contribution in [1.29, 1.82) is 10.5 Å². The van der Waals surface area contributed by atoms with Gasteiger partial charge in [0.2, 0.25) is 0 Å². The molecule has 2 saturated heterocycles. The molecule has 0 N–H and O–H groups in total. The number of nitriles is 2. The first kappa shape index (κ1) is 25.0. The van der Waals surface area contributed by atoms with E-state index >= 15 is 0 Å². The van der Waals surface area contributed by atoms with Gasteiger partial charge in [0.25, 0.3) is 0 Å². The number of ether oxygens (including phenoxy) is 1. The van der Waals surface area contributed by atoms with E-state index in [2.05, 4.69) is 21.9 Å². The highest BCUT2D eigenvalue weighted by molar-refractivity contribution is 7.99. The number of halogens is 1. The van der Waals surface area contributed by atoms with Gasteiger partial charge >= 0.3 is 6.09 Å². The van der Waals surface area contributed by atoms with Crippen LogP contribution in [0.1, 0.15) is 48.5 Å². The molecule has 0 unspecified atom stereocenters. The van der Waals surface area contributed by atoms with Crippen molar-refractivity contribution in [2.75, 3.05) is 7.11 Å². The Labute approximate surface area is 228 Å². The molecule has 39 heavy (non-hydrogen) atoms. The van der Waals surface area contributed by atoms with Crippen molar-refractivity contribution >= 4 is 23.4 Å². The molecule has 2 fully saturated rings. The molecule has 5 heterocycles. The summed E-state index contributed by atoms with van der Waals surface area (Å²) in [5.41, 5.74) is 4.03. The van der Waals surface area contributed by atoms with Crippen LogP contribution in [0.15, 0.2) is 52.6 Å². The molecule has 11 heteroatoms. The highest BCUT2D eigenvalue weighted by Gasteiger charge is 2.44. The zero-order valence-electron chi connectivity index (χ0n) is 21.3. The minimum absolute atomic E-state index is 0.145. The third kappa shape index (κ3) is 4.19. The number of amides is 1. The molecule has 2 bridgehead atoms. The van der Waals surface area contributed by atoms with Crippen LogP contribution in [0, 0.1) is 35.4 Å². The van der Waals surface area contributed by atoms with Crippen LogP contribution in [0.2, 0.25) is 0 Å². The van der Waals surface area contributed by atoms with Gasteiger partial charge in [0, 0.05) is 44.9 Å². The number of carbonyl (C=O) groups excluding carboxylic acids is 1.